The van der Waals surface area contributed by atoms with E-state index in [1.54, 1.807) is 0 Å². The smallest absolute Gasteiger partial charge is 0.335 e. The summed E-state index contributed by atoms with van der Waals surface area (Å²) in [6.07, 6.45) is -34.9. The number of carbonyl (C=O) groups is 3. The SMILES string of the molecule is CC(=O)O[C@H]1[C@H](OC(=O)CC(C)C)C(C)(C)CC2C3=CCC4[C@@]5(C)CC[C@H](O[C@@H]6O[C@H](C(=O)O)[C@@H](O)[C@H](O[C@@H]7O[C@H](CO)[C@H](O)[C@H](O[C@@H]8OC[C@H](O)[C@H](O)[C@H]8O)[C@H]7O)[C@H]6O[C@@H]6O[C@H](CO)[C@H](O)[C@H](O)[C@H]6O)C(C)(C)C5CC[C@@]4(C)[C@]3(C)C[C@@H](O)[C@]21CO. The van der Waals surface area contributed by atoms with E-state index in [4.69, 9.17) is 47.4 Å². The van der Waals surface area contributed by atoms with Crippen molar-refractivity contribution in [2.75, 3.05) is 26.4 Å². The lowest BCUT2D eigenvalue weighted by Gasteiger charge is -2.72. The predicted molar refractivity (Wildman–Crippen MR) is 294 cm³/mol. The van der Waals surface area contributed by atoms with E-state index >= 15 is 0 Å². The largest absolute Gasteiger partial charge is 0.479 e. The molecule has 3 unspecified atom stereocenters. The van der Waals surface area contributed by atoms with Gasteiger partial charge < -0.3 is 119 Å². The van der Waals surface area contributed by atoms with Gasteiger partial charge in [-0.2, -0.15) is 0 Å². The van der Waals surface area contributed by atoms with Gasteiger partial charge in [-0.25, -0.2) is 4.79 Å². The highest BCUT2D eigenvalue weighted by Gasteiger charge is 2.74. The van der Waals surface area contributed by atoms with Crippen molar-refractivity contribution in [1.82, 2.24) is 0 Å². The van der Waals surface area contributed by atoms with Gasteiger partial charge in [0.2, 0.25) is 0 Å². The molecule has 0 bridgehead atoms. The van der Waals surface area contributed by atoms with Gasteiger partial charge in [0.1, 0.15) is 97.7 Å². The Balaban J connectivity index is 1.03. The molecule has 30 atom stereocenters. The third kappa shape index (κ3) is 11.7. The van der Waals surface area contributed by atoms with Crippen LogP contribution in [0.15, 0.2) is 11.6 Å². The van der Waals surface area contributed by atoms with Crippen LogP contribution in [0.25, 0.3) is 0 Å². The Morgan fingerprint density at radius 1 is 0.632 bits per heavy atom. The molecular weight excluding hydrogens is 1150 g/mol. The number of carbonyl (C=O) groups excluding carboxylic acids is 2. The average molecular weight is 1250 g/mol. The first-order valence-electron chi connectivity index (χ1n) is 30.7. The minimum atomic E-state index is -2.27. The molecule has 27 heteroatoms. The van der Waals surface area contributed by atoms with Crippen LogP contribution in [-0.2, 0) is 61.8 Å². The van der Waals surface area contributed by atoms with E-state index in [2.05, 4.69) is 26.8 Å². The summed E-state index contributed by atoms with van der Waals surface area (Å²) in [5.41, 5.74) is -3.53. The second-order valence-corrected chi connectivity index (χ2v) is 28.8. The van der Waals surface area contributed by atoms with E-state index < -0.39 is 224 Å². The third-order valence-electron chi connectivity index (χ3n) is 22.5. The molecule has 0 aromatic heterocycles. The number of aliphatic hydroxyl groups excluding tert-OH is 13. The maximum atomic E-state index is 13.4. The number of hydrogen-bond donors (Lipinski definition) is 14. The molecule has 498 valence electrons. The predicted octanol–water partition coefficient (Wildman–Crippen LogP) is -1.75. The van der Waals surface area contributed by atoms with Crippen LogP contribution in [0.2, 0.25) is 0 Å². The number of carboxylic acid groups (broad SMARTS) is 1. The van der Waals surface area contributed by atoms with Crippen molar-refractivity contribution in [3.8, 4) is 0 Å². The van der Waals surface area contributed by atoms with Crippen LogP contribution in [0.3, 0.4) is 0 Å². The average Bonchev–Trinajstić information content (AvgIpc) is 0.678. The van der Waals surface area contributed by atoms with Crippen molar-refractivity contribution in [3.05, 3.63) is 11.6 Å². The summed E-state index contributed by atoms with van der Waals surface area (Å²) >= 11 is 0. The summed E-state index contributed by atoms with van der Waals surface area (Å²) in [5, 5.41) is 155. The molecule has 9 aliphatic rings. The molecule has 0 radical (unpaired) electrons. The van der Waals surface area contributed by atoms with E-state index in [1.165, 1.54) is 6.92 Å². The van der Waals surface area contributed by atoms with Gasteiger partial charge in [0.25, 0.3) is 0 Å². The molecule has 14 N–H and O–H groups in total. The zero-order valence-corrected chi connectivity index (χ0v) is 51.2. The molecule has 0 spiro atoms. The van der Waals surface area contributed by atoms with Crippen LogP contribution < -0.4 is 0 Å². The number of rotatable bonds is 16. The number of hydrogen-bond acceptors (Lipinski definition) is 26. The van der Waals surface area contributed by atoms with Crippen LogP contribution in [0.1, 0.15) is 121 Å². The van der Waals surface area contributed by atoms with E-state index in [1.807, 2.05) is 41.5 Å². The van der Waals surface area contributed by atoms with Gasteiger partial charge in [-0.05, 0) is 90.3 Å². The first-order chi connectivity index (χ1) is 40.6. The zero-order chi connectivity index (χ0) is 64.2. The highest BCUT2D eigenvalue weighted by molar-refractivity contribution is 5.73. The number of esters is 2. The summed E-state index contributed by atoms with van der Waals surface area (Å²) in [4.78, 5) is 39.6. The van der Waals surface area contributed by atoms with Gasteiger partial charge in [0.15, 0.2) is 31.3 Å². The number of ether oxygens (including phenoxy) is 10. The first-order valence-corrected chi connectivity index (χ1v) is 30.7. The number of carboxylic acids is 1. The molecule has 0 amide bonds. The molecule has 0 aromatic carbocycles. The Morgan fingerprint density at radius 2 is 1.24 bits per heavy atom. The molecule has 4 heterocycles. The number of fused-ring (bicyclic) bond motifs is 7. The fourth-order valence-corrected chi connectivity index (χ4v) is 17.6. The lowest BCUT2D eigenvalue weighted by molar-refractivity contribution is -0.401. The summed E-state index contributed by atoms with van der Waals surface area (Å²) in [6, 6.07) is 0. The quantitative estimate of drug-likeness (QED) is 0.0463. The number of allylic oxidation sites excluding steroid dienone is 2. The Kier molecular flexibility index (Phi) is 20.0. The van der Waals surface area contributed by atoms with Crippen LogP contribution in [0.5, 0.6) is 0 Å². The third-order valence-corrected chi connectivity index (χ3v) is 22.5. The summed E-state index contributed by atoms with van der Waals surface area (Å²) in [6.45, 7) is 16.8. The maximum Gasteiger partial charge on any atom is 0.335 e. The number of aliphatic carboxylic acids is 1. The van der Waals surface area contributed by atoms with Gasteiger partial charge >= 0.3 is 17.9 Å². The van der Waals surface area contributed by atoms with E-state index in [0.717, 1.165) is 5.57 Å². The van der Waals surface area contributed by atoms with Crippen molar-refractivity contribution < 1.29 is 133 Å². The highest BCUT2D eigenvalue weighted by Crippen LogP contribution is 2.76. The fourth-order valence-electron chi connectivity index (χ4n) is 17.6. The molecule has 9 rings (SSSR count). The Morgan fingerprint density at radius 3 is 1.85 bits per heavy atom. The topological polar surface area (TPSA) is 427 Å². The molecule has 5 aliphatic carbocycles. The van der Waals surface area contributed by atoms with Crippen molar-refractivity contribution in [2.45, 2.75) is 262 Å². The van der Waals surface area contributed by atoms with Crippen LogP contribution in [-0.4, -0.2) is 257 Å². The van der Waals surface area contributed by atoms with E-state index in [9.17, 15) is 85.9 Å². The Bertz CT molecular complexity index is 2480. The Hall–Kier alpha value is -2.69. The second-order valence-electron chi connectivity index (χ2n) is 28.8. The Labute approximate surface area is 505 Å². The van der Waals surface area contributed by atoms with Gasteiger partial charge in [0.05, 0.1) is 44.1 Å². The van der Waals surface area contributed by atoms with Crippen LogP contribution >= 0.6 is 0 Å². The fraction of sp³-hybridized carbons (Fsp3) is 0.917. The lowest BCUT2D eigenvalue weighted by Crippen LogP contribution is -2.72. The minimum Gasteiger partial charge on any atom is -0.479 e. The summed E-state index contributed by atoms with van der Waals surface area (Å²) in [7, 11) is 0. The number of aliphatic hydroxyl groups is 13. The van der Waals surface area contributed by atoms with Gasteiger partial charge in [-0.1, -0.05) is 74.0 Å². The van der Waals surface area contributed by atoms with Crippen LogP contribution in [0.4, 0.5) is 0 Å². The molecule has 4 saturated carbocycles. The molecular formula is C60H96O27. The highest BCUT2D eigenvalue weighted by atomic mass is 16.8. The minimum absolute atomic E-state index is 0.0165. The van der Waals surface area contributed by atoms with Crippen molar-refractivity contribution in [1.29, 1.82) is 0 Å². The monoisotopic (exact) mass is 1250 g/mol. The van der Waals surface area contributed by atoms with Crippen molar-refractivity contribution >= 4 is 17.9 Å². The lowest BCUT2D eigenvalue weighted by atomic mass is 9.33. The molecule has 4 saturated heterocycles. The van der Waals surface area contributed by atoms with Crippen LogP contribution in [0, 0.1) is 56.2 Å². The molecule has 8 fully saturated rings. The van der Waals surface area contributed by atoms with E-state index in [0.29, 0.717) is 38.5 Å². The van der Waals surface area contributed by atoms with Crippen molar-refractivity contribution in [2.24, 2.45) is 56.2 Å². The second kappa shape index (κ2) is 25.3. The first kappa shape index (κ1) is 68.7. The standard InChI is InChI=1S/C60H96O27/c1-24(2)17-35(67)83-48-49(79-25(3)64)60(23-63)27(18-55(48,4)5)26-11-12-32-57(8)15-14-34(56(6,7)31(57)13-16-58(32,9)59(26,10)19-33(60)66)82-54-47(87-52-41(73)39(71)37(69)29(20-61)80-52)45(42(74)46(86-54)50(76)77)85-53-43(75)44(38(70)30(21-62)81-53)84-51-40(72)36(68)28(65)22-78-51/h11,24,27-34,36-49,51-54,61-63,65-66,68-75H,12-23H2,1-10H3,(H,76,77)/t27?,28-,29+,30+,31?,32?,33+,34-,36-,37-,38-,39-,40+,41+,42-,43+,44-,45-,46-,47+,48-,49-,51-,52-,53-,54+,57-,58+,59+,60-/m0/s1. The molecule has 0 aromatic rings. The van der Waals surface area contributed by atoms with Gasteiger partial charge in [0, 0.05) is 18.8 Å². The summed E-state index contributed by atoms with van der Waals surface area (Å²) < 4.78 is 60.7. The maximum absolute atomic E-state index is 13.4. The van der Waals surface area contributed by atoms with E-state index in [-0.39, 0.29) is 30.6 Å². The zero-order valence-electron chi connectivity index (χ0n) is 51.2. The summed E-state index contributed by atoms with van der Waals surface area (Å²) in [5.74, 6) is -3.48. The molecule has 87 heavy (non-hydrogen) atoms. The van der Waals surface area contributed by atoms with Crippen molar-refractivity contribution in [3.63, 3.8) is 0 Å². The van der Waals surface area contributed by atoms with Gasteiger partial charge in [-0.15, -0.1) is 0 Å². The van der Waals surface area contributed by atoms with Gasteiger partial charge in [-0.3, -0.25) is 9.59 Å². The molecule has 4 aliphatic heterocycles. The normalized spacial score (nSPS) is 50.3. The molecule has 27 nitrogen and oxygen atoms in total.